The minimum absolute atomic E-state index is 0.261. The highest BCUT2D eigenvalue weighted by molar-refractivity contribution is 7.02. The van der Waals surface area contributed by atoms with Crippen LogP contribution in [0.3, 0.4) is 0 Å². The molecule has 0 spiro atoms. The van der Waals surface area contributed by atoms with Gasteiger partial charge >= 0.3 is 0 Å². The molecule has 0 amide bonds. The van der Waals surface area contributed by atoms with Crippen LogP contribution in [-0.4, -0.2) is 13.9 Å². The Hall–Kier alpha value is -1.64. The van der Waals surface area contributed by atoms with Crippen LogP contribution in [-0.2, 0) is 4.43 Å². The Kier molecular flexibility index (Phi) is 5.21. The van der Waals surface area contributed by atoms with E-state index in [2.05, 4.69) is 65.8 Å². The first-order valence-electron chi connectivity index (χ1n) is 8.48. The Balaban J connectivity index is 2.81. The lowest BCUT2D eigenvalue weighted by Gasteiger charge is -2.43. The maximum absolute atomic E-state index is 9.14. The summed E-state index contributed by atoms with van der Waals surface area (Å²) in [4.78, 5) is 0. The predicted octanol–water partition coefficient (Wildman–Crippen LogP) is 4.38. The molecule has 24 heavy (non-hydrogen) atoms. The summed E-state index contributed by atoms with van der Waals surface area (Å²) < 4.78 is 6.80. The van der Waals surface area contributed by atoms with Gasteiger partial charge in [-0.15, -0.1) is 0 Å². The van der Waals surface area contributed by atoms with Crippen LogP contribution < -0.4 is 10.4 Å². The Morgan fingerprint density at radius 1 is 0.750 bits per heavy atom. The highest BCUT2D eigenvalue weighted by Crippen LogP contribution is 2.34. The van der Waals surface area contributed by atoms with Crippen LogP contribution in [0, 0.1) is 12.0 Å². The first-order chi connectivity index (χ1) is 11.1. The Morgan fingerprint density at radius 3 is 1.42 bits per heavy atom. The fourth-order valence-electron chi connectivity index (χ4n) is 2.96. The van der Waals surface area contributed by atoms with Gasteiger partial charge in [0.15, 0.2) is 0 Å². The zero-order valence-electron chi connectivity index (χ0n) is 15.7. The molecule has 2 rings (SSSR count). The van der Waals surface area contributed by atoms with E-state index >= 15 is 0 Å². The molecule has 0 atom stereocenters. The van der Waals surface area contributed by atoms with Crippen LogP contribution in [0.2, 0.25) is 0 Å². The van der Waals surface area contributed by atoms with Crippen LogP contribution >= 0.6 is 0 Å². The standard InChI is InChI=1S/C22H28OSi/c1-18(21(2,3)4)24(23-22(5,6)7,19-14-10-8-11-15-19)20-16-12-9-13-17-20/h8-17H,2-7H3. The first-order valence-corrected chi connectivity index (χ1v) is 10.4. The van der Waals surface area contributed by atoms with Crippen molar-refractivity contribution in [3.63, 3.8) is 0 Å². The normalized spacial score (nSPS) is 12.9. The van der Waals surface area contributed by atoms with Crippen molar-refractivity contribution in [2.24, 2.45) is 5.41 Å². The van der Waals surface area contributed by atoms with E-state index in [0.717, 1.165) is 10.4 Å². The molecule has 2 aromatic rings. The topological polar surface area (TPSA) is 9.23 Å². The smallest absolute Gasteiger partial charge is 0.285 e. The summed E-state index contributed by atoms with van der Waals surface area (Å²) in [6, 6.07) is 20.7. The molecule has 0 saturated carbocycles. The van der Waals surface area contributed by atoms with E-state index in [0.29, 0.717) is 5.20 Å². The summed E-state index contributed by atoms with van der Waals surface area (Å²) in [5.41, 5.74) is -0.599. The Morgan fingerprint density at radius 2 is 1.12 bits per heavy atom. The predicted molar refractivity (Wildman–Crippen MR) is 105 cm³/mol. The summed E-state index contributed by atoms with van der Waals surface area (Å²) in [6.45, 7) is 21.7. The average molecular weight is 337 g/mol. The molecule has 0 N–H and O–H groups in total. The highest BCUT2D eigenvalue weighted by Gasteiger charge is 2.49. The van der Waals surface area contributed by atoms with Gasteiger partial charge in [-0.1, -0.05) is 81.4 Å². The van der Waals surface area contributed by atoms with Gasteiger partial charge in [0.1, 0.15) is 0 Å². The summed E-state index contributed by atoms with van der Waals surface area (Å²) in [5, 5.41) is 2.96. The lowest BCUT2D eigenvalue weighted by molar-refractivity contribution is 0.126. The number of rotatable bonds is 4. The molecule has 0 heterocycles. The SMILES string of the molecule is [C]=C(C(C)(C)C)[Si](OC(C)(C)C)(c1ccccc1)c1ccccc1. The molecule has 0 fully saturated rings. The molecular formula is C22H28OSi. The second kappa shape index (κ2) is 6.70. The molecule has 0 aromatic heterocycles. The van der Waals surface area contributed by atoms with Gasteiger partial charge in [0, 0.05) is 5.60 Å². The Bertz CT molecular complexity index is 636. The van der Waals surface area contributed by atoms with Crippen molar-refractivity contribution in [3.05, 3.63) is 72.4 Å². The molecule has 0 saturated heterocycles. The fraction of sp³-hybridized carbons (Fsp3) is 0.364. The molecule has 0 aliphatic carbocycles. The van der Waals surface area contributed by atoms with Gasteiger partial charge in [0.2, 0.25) is 0 Å². The minimum Gasteiger partial charge on any atom is -0.399 e. The van der Waals surface area contributed by atoms with Gasteiger partial charge in [-0.3, -0.25) is 0 Å². The summed E-state index contributed by atoms with van der Waals surface area (Å²) in [7, 11) is -2.84. The first kappa shape index (κ1) is 18.7. The maximum Gasteiger partial charge on any atom is 0.285 e. The third-order valence-corrected chi connectivity index (χ3v) is 8.59. The molecule has 0 aliphatic heterocycles. The van der Waals surface area contributed by atoms with Crippen LogP contribution in [0.4, 0.5) is 0 Å². The fourth-order valence-corrected chi connectivity index (χ4v) is 7.50. The van der Waals surface area contributed by atoms with Gasteiger partial charge in [-0.25, -0.2) is 0 Å². The van der Waals surface area contributed by atoms with Crippen molar-refractivity contribution in [2.75, 3.05) is 0 Å². The molecular weight excluding hydrogens is 308 g/mol. The Labute approximate surface area is 148 Å². The van der Waals surface area contributed by atoms with Crippen molar-refractivity contribution < 1.29 is 4.43 Å². The van der Waals surface area contributed by atoms with E-state index in [1.807, 2.05) is 36.4 Å². The molecule has 0 unspecified atom stereocenters. The van der Waals surface area contributed by atoms with E-state index in [1.165, 1.54) is 0 Å². The van der Waals surface area contributed by atoms with Gasteiger partial charge in [-0.2, -0.15) is 0 Å². The highest BCUT2D eigenvalue weighted by atomic mass is 28.4. The molecule has 0 aliphatic rings. The maximum atomic E-state index is 9.14. The zero-order valence-corrected chi connectivity index (χ0v) is 16.7. The van der Waals surface area contributed by atoms with E-state index in [1.54, 1.807) is 0 Å². The van der Waals surface area contributed by atoms with Crippen molar-refractivity contribution in [1.29, 1.82) is 0 Å². The number of hydrogen-bond donors (Lipinski definition) is 0. The third kappa shape index (κ3) is 3.88. The van der Waals surface area contributed by atoms with Crippen LogP contribution in [0.15, 0.2) is 65.9 Å². The minimum atomic E-state index is -2.84. The van der Waals surface area contributed by atoms with E-state index in [-0.39, 0.29) is 11.0 Å². The molecule has 2 radical (unpaired) electrons. The van der Waals surface area contributed by atoms with Crippen molar-refractivity contribution in [3.8, 4) is 0 Å². The lowest BCUT2D eigenvalue weighted by Crippen LogP contribution is -2.66. The van der Waals surface area contributed by atoms with Crippen LogP contribution in [0.1, 0.15) is 41.5 Å². The average Bonchev–Trinajstić information content (AvgIpc) is 2.52. The molecule has 1 nitrogen and oxygen atoms in total. The quantitative estimate of drug-likeness (QED) is 0.753. The summed E-state index contributed by atoms with van der Waals surface area (Å²) >= 11 is 0. The van der Waals surface area contributed by atoms with Crippen LogP contribution in [0.5, 0.6) is 0 Å². The van der Waals surface area contributed by atoms with E-state index in [4.69, 9.17) is 11.0 Å². The molecule has 2 heteroatoms. The van der Waals surface area contributed by atoms with Crippen LogP contribution in [0.25, 0.3) is 0 Å². The van der Waals surface area contributed by atoms with E-state index in [9.17, 15) is 0 Å². The van der Waals surface area contributed by atoms with Gasteiger partial charge in [-0.05, 0) is 48.3 Å². The monoisotopic (exact) mass is 336 g/mol. The summed E-state index contributed by atoms with van der Waals surface area (Å²) in [6.07, 6.45) is 0. The van der Waals surface area contributed by atoms with Gasteiger partial charge < -0.3 is 4.43 Å². The zero-order chi connectivity index (χ0) is 18.0. The van der Waals surface area contributed by atoms with Crippen molar-refractivity contribution in [2.45, 2.75) is 47.1 Å². The second-order valence-corrected chi connectivity index (χ2v) is 11.5. The van der Waals surface area contributed by atoms with Crippen molar-refractivity contribution in [1.82, 2.24) is 0 Å². The lowest BCUT2D eigenvalue weighted by atomic mass is 9.97. The molecule has 126 valence electrons. The molecule has 2 aromatic carbocycles. The largest absolute Gasteiger partial charge is 0.399 e. The van der Waals surface area contributed by atoms with Gasteiger partial charge in [0.05, 0.1) is 0 Å². The van der Waals surface area contributed by atoms with E-state index < -0.39 is 8.32 Å². The molecule has 0 bridgehead atoms. The number of hydrogen-bond acceptors (Lipinski definition) is 1. The number of benzene rings is 2. The second-order valence-electron chi connectivity index (χ2n) is 8.25. The van der Waals surface area contributed by atoms with Crippen molar-refractivity contribution >= 4 is 18.7 Å². The van der Waals surface area contributed by atoms with Gasteiger partial charge in [0.25, 0.3) is 8.32 Å². The summed E-state index contributed by atoms with van der Waals surface area (Å²) in [5.74, 6) is 0. The third-order valence-electron chi connectivity index (χ3n) is 3.92. The number of allylic oxidation sites excluding steroid dienone is 1.